The molecule has 0 aliphatic carbocycles. The van der Waals surface area contributed by atoms with E-state index in [0.29, 0.717) is 32.9 Å². The maximum absolute atomic E-state index is 13.1. The van der Waals surface area contributed by atoms with E-state index in [1.54, 1.807) is 54.6 Å². The molecule has 0 radical (unpaired) electrons. The molecule has 1 aliphatic rings. The number of nitrogens with zero attached hydrogens (tertiary/aromatic N) is 1. The van der Waals surface area contributed by atoms with Crippen molar-refractivity contribution in [1.82, 2.24) is 4.90 Å². The molecule has 0 saturated carbocycles. The van der Waals surface area contributed by atoms with Crippen molar-refractivity contribution in [3.05, 3.63) is 87.8 Å². The Morgan fingerprint density at radius 2 is 1.81 bits per heavy atom. The Bertz CT molecular complexity index is 1200. The molecule has 164 valence electrons. The first-order valence-electron chi connectivity index (χ1n) is 9.74. The van der Waals surface area contributed by atoms with Crippen LogP contribution in [0.25, 0.3) is 5.76 Å². The molecule has 7 nitrogen and oxygen atoms in total. The molecular formula is C24H20BrNO6. The van der Waals surface area contributed by atoms with Gasteiger partial charge in [0, 0.05) is 11.1 Å². The van der Waals surface area contributed by atoms with E-state index in [0.717, 1.165) is 0 Å². The van der Waals surface area contributed by atoms with E-state index in [-0.39, 0.29) is 17.9 Å². The largest absolute Gasteiger partial charge is 0.507 e. The maximum atomic E-state index is 13.1. The summed E-state index contributed by atoms with van der Waals surface area (Å²) in [6.07, 6.45) is 1.50. The van der Waals surface area contributed by atoms with E-state index < -0.39 is 17.7 Å². The molecule has 2 heterocycles. The molecule has 1 N–H and O–H groups in total. The van der Waals surface area contributed by atoms with Crippen LogP contribution in [0.3, 0.4) is 0 Å². The van der Waals surface area contributed by atoms with Crippen LogP contribution in [0.1, 0.15) is 22.9 Å². The van der Waals surface area contributed by atoms with Crippen LogP contribution in [-0.4, -0.2) is 35.9 Å². The fraction of sp³-hybridized carbons (Fsp3) is 0.167. The number of rotatable bonds is 6. The summed E-state index contributed by atoms with van der Waals surface area (Å²) in [5.74, 6) is -0.223. The molecule has 0 bridgehead atoms. The van der Waals surface area contributed by atoms with E-state index in [1.165, 1.54) is 25.4 Å². The number of carbonyl (C=O) groups excluding carboxylic acids is 2. The zero-order valence-electron chi connectivity index (χ0n) is 17.4. The highest BCUT2D eigenvalue weighted by molar-refractivity contribution is 9.10. The highest BCUT2D eigenvalue weighted by Crippen LogP contribution is 2.43. The number of carbonyl (C=O) groups is 2. The lowest BCUT2D eigenvalue weighted by Crippen LogP contribution is -2.29. The standard InChI is InChI=1S/C24H20BrNO6/c1-30-18-8-4-3-7-16(18)21-20(22(27)14-9-10-19(31-2)17(25)12-14)23(28)24(29)26(21)13-15-6-5-11-32-15/h3-12,21,27H,13H2,1-2H3/b22-20+. The van der Waals surface area contributed by atoms with Crippen LogP contribution < -0.4 is 9.47 Å². The smallest absolute Gasteiger partial charge is 0.296 e. The monoisotopic (exact) mass is 497 g/mol. The lowest BCUT2D eigenvalue weighted by molar-refractivity contribution is -0.140. The minimum absolute atomic E-state index is 0.0249. The Hall–Kier alpha value is -3.52. The molecule has 8 heteroatoms. The molecule has 1 saturated heterocycles. The molecular weight excluding hydrogens is 478 g/mol. The van der Waals surface area contributed by atoms with Crippen molar-refractivity contribution in [2.45, 2.75) is 12.6 Å². The van der Waals surface area contributed by atoms with Crippen LogP contribution in [0.5, 0.6) is 11.5 Å². The van der Waals surface area contributed by atoms with Crippen LogP contribution in [0.2, 0.25) is 0 Å². The second-order valence-electron chi connectivity index (χ2n) is 7.10. The number of halogens is 1. The second kappa shape index (κ2) is 8.92. The van der Waals surface area contributed by atoms with Crippen molar-refractivity contribution in [2.24, 2.45) is 0 Å². The van der Waals surface area contributed by atoms with E-state index >= 15 is 0 Å². The third kappa shape index (κ3) is 3.78. The van der Waals surface area contributed by atoms with E-state index in [4.69, 9.17) is 13.9 Å². The Labute approximate surface area is 193 Å². The second-order valence-corrected chi connectivity index (χ2v) is 7.95. The summed E-state index contributed by atoms with van der Waals surface area (Å²) >= 11 is 3.39. The molecule has 1 amide bonds. The highest BCUT2D eigenvalue weighted by atomic mass is 79.9. The molecule has 0 spiro atoms. The lowest BCUT2D eigenvalue weighted by atomic mass is 9.94. The van der Waals surface area contributed by atoms with Gasteiger partial charge in [-0.2, -0.15) is 0 Å². The van der Waals surface area contributed by atoms with E-state index in [9.17, 15) is 14.7 Å². The summed E-state index contributed by atoms with van der Waals surface area (Å²) in [7, 11) is 3.04. The summed E-state index contributed by atoms with van der Waals surface area (Å²) in [5.41, 5.74) is 0.923. The van der Waals surface area contributed by atoms with Crippen LogP contribution in [0, 0.1) is 0 Å². The predicted octanol–water partition coefficient (Wildman–Crippen LogP) is 4.68. The van der Waals surface area contributed by atoms with Crippen LogP contribution >= 0.6 is 15.9 Å². The fourth-order valence-corrected chi connectivity index (χ4v) is 4.34. The molecule has 1 aliphatic heterocycles. The zero-order valence-corrected chi connectivity index (χ0v) is 19.0. The van der Waals surface area contributed by atoms with Gasteiger partial charge in [0.2, 0.25) is 0 Å². The van der Waals surface area contributed by atoms with Gasteiger partial charge < -0.3 is 23.9 Å². The minimum Gasteiger partial charge on any atom is -0.507 e. The Morgan fingerprint density at radius 1 is 1.06 bits per heavy atom. The number of aliphatic hydroxyl groups excluding tert-OH is 1. The molecule has 1 aromatic heterocycles. The number of hydrogen-bond acceptors (Lipinski definition) is 6. The van der Waals surface area contributed by atoms with Crippen LogP contribution in [0.4, 0.5) is 0 Å². The number of hydrogen-bond donors (Lipinski definition) is 1. The Morgan fingerprint density at radius 3 is 2.47 bits per heavy atom. The first kappa shape index (κ1) is 21.7. The number of methoxy groups -OCH3 is 2. The average molecular weight is 498 g/mol. The SMILES string of the molecule is COc1ccc(/C(O)=C2\C(=O)C(=O)N(Cc3ccco3)C2c2ccccc2OC)cc1Br. The fourth-order valence-electron chi connectivity index (χ4n) is 3.80. The third-order valence-corrected chi connectivity index (χ3v) is 5.92. The number of furan rings is 1. The number of aliphatic hydroxyl groups is 1. The van der Waals surface area contributed by atoms with Crippen LogP contribution in [0.15, 0.2) is 75.3 Å². The van der Waals surface area contributed by atoms with Crippen molar-refractivity contribution in [2.75, 3.05) is 14.2 Å². The molecule has 2 aromatic carbocycles. The number of benzene rings is 2. The zero-order chi connectivity index (χ0) is 22.8. The minimum atomic E-state index is -0.864. The average Bonchev–Trinajstić information content (AvgIpc) is 3.41. The summed E-state index contributed by atoms with van der Waals surface area (Å²) < 4.78 is 16.7. The van der Waals surface area contributed by atoms with Crippen molar-refractivity contribution >= 4 is 33.4 Å². The Balaban J connectivity index is 1.90. The van der Waals surface area contributed by atoms with Gasteiger partial charge >= 0.3 is 0 Å². The number of ketones is 1. The van der Waals surface area contributed by atoms with Gasteiger partial charge in [0.25, 0.3) is 11.7 Å². The number of ether oxygens (including phenoxy) is 2. The van der Waals surface area contributed by atoms with Gasteiger partial charge in [-0.25, -0.2) is 0 Å². The van der Waals surface area contributed by atoms with E-state index in [2.05, 4.69) is 15.9 Å². The van der Waals surface area contributed by atoms with Crippen molar-refractivity contribution in [3.8, 4) is 11.5 Å². The molecule has 32 heavy (non-hydrogen) atoms. The van der Waals surface area contributed by atoms with Gasteiger partial charge in [-0.3, -0.25) is 9.59 Å². The molecule has 1 unspecified atom stereocenters. The van der Waals surface area contributed by atoms with Gasteiger partial charge in [-0.15, -0.1) is 0 Å². The van der Waals surface area contributed by atoms with E-state index in [1.807, 2.05) is 0 Å². The maximum Gasteiger partial charge on any atom is 0.296 e. The number of likely N-dealkylation sites (tertiary alicyclic amines) is 1. The van der Waals surface area contributed by atoms with Gasteiger partial charge in [-0.05, 0) is 52.3 Å². The normalized spacial score (nSPS) is 17.6. The third-order valence-electron chi connectivity index (χ3n) is 5.30. The molecule has 4 rings (SSSR count). The number of amides is 1. The number of para-hydroxylation sites is 1. The van der Waals surface area contributed by atoms with Crippen molar-refractivity contribution in [1.29, 1.82) is 0 Å². The summed E-state index contributed by atoms with van der Waals surface area (Å²) in [4.78, 5) is 27.6. The van der Waals surface area contributed by atoms with Gasteiger partial charge in [0.1, 0.15) is 23.0 Å². The summed E-state index contributed by atoms with van der Waals surface area (Å²) in [5, 5.41) is 11.2. The predicted molar refractivity (Wildman–Crippen MR) is 120 cm³/mol. The Kier molecular flexibility index (Phi) is 6.05. The molecule has 1 atom stereocenters. The first-order chi connectivity index (χ1) is 15.5. The topological polar surface area (TPSA) is 89.2 Å². The van der Waals surface area contributed by atoms with Gasteiger partial charge in [0.05, 0.1) is 43.1 Å². The van der Waals surface area contributed by atoms with Crippen molar-refractivity contribution in [3.63, 3.8) is 0 Å². The lowest BCUT2D eigenvalue weighted by Gasteiger charge is -2.25. The summed E-state index contributed by atoms with van der Waals surface area (Å²) in [6, 6.07) is 14.6. The molecule has 1 fully saturated rings. The van der Waals surface area contributed by atoms with Crippen molar-refractivity contribution < 1.29 is 28.6 Å². The van der Waals surface area contributed by atoms with Gasteiger partial charge in [-0.1, -0.05) is 18.2 Å². The summed E-state index contributed by atoms with van der Waals surface area (Å²) in [6.45, 7) is 0.0589. The highest BCUT2D eigenvalue weighted by Gasteiger charge is 2.47. The van der Waals surface area contributed by atoms with Gasteiger partial charge in [0.15, 0.2) is 0 Å². The first-order valence-corrected chi connectivity index (χ1v) is 10.5. The van der Waals surface area contributed by atoms with Crippen LogP contribution in [-0.2, 0) is 16.1 Å². The quantitative estimate of drug-likeness (QED) is 0.302. The molecule has 3 aromatic rings. The number of Topliss-reactive ketones (excluding diaryl/α,β-unsaturated/α-hetero) is 1.